The number of carbonyl (C=O) groups excluding carboxylic acids is 1. The number of alkyl halides is 3. The van der Waals surface area contributed by atoms with Crippen LogP contribution in [-0.4, -0.2) is 78.6 Å². The summed E-state index contributed by atoms with van der Waals surface area (Å²) >= 11 is 0. The third-order valence-corrected chi connectivity index (χ3v) is 6.30. The Kier molecular flexibility index (Phi) is 8.98. The zero-order valence-corrected chi connectivity index (χ0v) is 20.0. The number of ether oxygens (including phenoxy) is 3. The van der Waals surface area contributed by atoms with Gasteiger partial charge in [-0.2, -0.15) is 13.2 Å². The molecule has 4 rings (SSSR count). The molecule has 1 N–H and O–H groups in total. The van der Waals surface area contributed by atoms with Gasteiger partial charge in [0, 0.05) is 44.0 Å². The predicted octanol–water partition coefficient (Wildman–Crippen LogP) is 2.95. The summed E-state index contributed by atoms with van der Waals surface area (Å²) in [6.45, 7) is 1.58. The second-order valence-electron chi connectivity index (χ2n) is 9.06. The first kappa shape index (κ1) is 26.2. The van der Waals surface area contributed by atoms with E-state index in [4.69, 9.17) is 14.2 Å². The van der Waals surface area contributed by atoms with E-state index in [0.717, 1.165) is 56.6 Å². The molecule has 4 heterocycles. The summed E-state index contributed by atoms with van der Waals surface area (Å²) < 4.78 is 53.4. The Labute approximate surface area is 208 Å². The van der Waals surface area contributed by atoms with E-state index in [1.54, 1.807) is 24.5 Å². The Morgan fingerprint density at radius 1 is 1.17 bits per heavy atom. The SMILES string of the molecule is O=C(COc1cccnc1)N[C@H]1CC[C@H](CCN2CCc3ccc(OCC(F)(F)F)nc3CC2)OC1. The van der Waals surface area contributed by atoms with Crippen LogP contribution in [-0.2, 0) is 22.4 Å². The molecule has 0 aromatic carbocycles. The maximum atomic E-state index is 12.4. The average molecular weight is 509 g/mol. The van der Waals surface area contributed by atoms with Crippen LogP contribution in [0.1, 0.15) is 30.5 Å². The number of rotatable bonds is 9. The summed E-state index contributed by atoms with van der Waals surface area (Å²) in [5.41, 5.74) is 1.86. The fraction of sp³-hybridized carbons (Fsp3) is 0.560. The van der Waals surface area contributed by atoms with Gasteiger partial charge in [-0.3, -0.25) is 9.78 Å². The van der Waals surface area contributed by atoms with Crippen molar-refractivity contribution in [3.8, 4) is 11.6 Å². The molecule has 1 saturated heterocycles. The molecule has 2 aliphatic heterocycles. The molecule has 0 saturated carbocycles. The Bertz CT molecular complexity index is 985. The lowest BCUT2D eigenvalue weighted by atomic mass is 10.0. The van der Waals surface area contributed by atoms with Gasteiger partial charge in [-0.1, -0.05) is 6.07 Å². The summed E-state index contributed by atoms with van der Waals surface area (Å²) in [4.78, 5) is 22.7. The van der Waals surface area contributed by atoms with Crippen LogP contribution in [0.3, 0.4) is 0 Å². The molecule has 1 fully saturated rings. The minimum absolute atomic E-state index is 0.0143. The molecule has 8 nitrogen and oxygen atoms in total. The van der Waals surface area contributed by atoms with E-state index < -0.39 is 12.8 Å². The number of nitrogens with one attached hydrogen (secondary N) is 1. The highest BCUT2D eigenvalue weighted by Crippen LogP contribution is 2.22. The van der Waals surface area contributed by atoms with Crippen molar-refractivity contribution in [1.82, 2.24) is 20.2 Å². The molecular formula is C25H31F3N4O4. The zero-order valence-electron chi connectivity index (χ0n) is 20.0. The molecule has 1 amide bonds. The first-order chi connectivity index (χ1) is 17.3. The van der Waals surface area contributed by atoms with Crippen molar-refractivity contribution in [2.75, 3.05) is 39.5 Å². The average Bonchev–Trinajstić information content (AvgIpc) is 3.08. The molecular weight excluding hydrogens is 477 g/mol. The van der Waals surface area contributed by atoms with Gasteiger partial charge in [0.15, 0.2) is 13.2 Å². The monoisotopic (exact) mass is 508 g/mol. The highest BCUT2D eigenvalue weighted by Gasteiger charge is 2.29. The van der Waals surface area contributed by atoms with Crippen LogP contribution in [0, 0.1) is 0 Å². The third kappa shape index (κ3) is 8.34. The van der Waals surface area contributed by atoms with Crippen LogP contribution in [0.25, 0.3) is 0 Å². The lowest BCUT2D eigenvalue weighted by molar-refractivity contribution is -0.154. The van der Waals surface area contributed by atoms with Crippen molar-refractivity contribution in [2.45, 2.75) is 50.4 Å². The molecule has 0 radical (unpaired) electrons. The molecule has 2 atom stereocenters. The predicted molar refractivity (Wildman–Crippen MR) is 125 cm³/mol. The topological polar surface area (TPSA) is 85.8 Å². The van der Waals surface area contributed by atoms with Crippen LogP contribution >= 0.6 is 0 Å². The van der Waals surface area contributed by atoms with E-state index in [1.807, 2.05) is 6.07 Å². The number of aromatic nitrogens is 2. The third-order valence-electron chi connectivity index (χ3n) is 6.30. The second kappa shape index (κ2) is 12.4. The van der Waals surface area contributed by atoms with Gasteiger partial charge in [0.2, 0.25) is 5.88 Å². The van der Waals surface area contributed by atoms with E-state index in [1.165, 1.54) is 6.07 Å². The number of hydrogen-bond acceptors (Lipinski definition) is 7. The smallest absolute Gasteiger partial charge is 0.422 e. The number of carbonyl (C=O) groups is 1. The van der Waals surface area contributed by atoms with Crippen LogP contribution < -0.4 is 14.8 Å². The van der Waals surface area contributed by atoms with E-state index in [9.17, 15) is 18.0 Å². The Hall–Kier alpha value is -2.92. The fourth-order valence-corrected chi connectivity index (χ4v) is 4.39. The van der Waals surface area contributed by atoms with Crippen molar-refractivity contribution in [1.29, 1.82) is 0 Å². The lowest BCUT2D eigenvalue weighted by Gasteiger charge is -2.31. The summed E-state index contributed by atoms with van der Waals surface area (Å²) in [7, 11) is 0. The van der Waals surface area contributed by atoms with Gasteiger partial charge in [-0.05, 0) is 43.4 Å². The molecule has 0 unspecified atom stereocenters. The summed E-state index contributed by atoms with van der Waals surface area (Å²) in [5, 5.41) is 2.96. The maximum absolute atomic E-state index is 12.4. The normalized spacial score (nSPS) is 20.8. The van der Waals surface area contributed by atoms with Crippen molar-refractivity contribution in [3.63, 3.8) is 0 Å². The van der Waals surface area contributed by atoms with E-state index in [0.29, 0.717) is 18.8 Å². The van der Waals surface area contributed by atoms with Gasteiger partial charge in [-0.25, -0.2) is 4.98 Å². The van der Waals surface area contributed by atoms with E-state index in [-0.39, 0.29) is 30.5 Å². The lowest BCUT2D eigenvalue weighted by Crippen LogP contribution is -2.45. The van der Waals surface area contributed by atoms with Crippen LogP contribution in [0.4, 0.5) is 13.2 Å². The van der Waals surface area contributed by atoms with Gasteiger partial charge in [0.05, 0.1) is 24.9 Å². The number of hydrogen-bond donors (Lipinski definition) is 1. The number of amides is 1. The van der Waals surface area contributed by atoms with Gasteiger partial charge in [0.1, 0.15) is 5.75 Å². The molecule has 2 aromatic heterocycles. The summed E-state index contributed by atoms with van der Waals surface area (Å²) in [5.74, 6) is 0.381. The van der Waals surface area contributed by atoms with Crippen molar-refractivity contribution in [2.24, 2.45) is 0 Å². The Morgan fingerprint density at radius 3 is 2.78 bits per heavy atom. The van der Waals surface area contributed by atoms with Crippen molar-refractivity contribution in [3.05, 3.63) is 47.9 Å². The molecule has 0 bridgehead atoms. The van der Waals surface area contributed by atoms with Gasteiger partial charge < -0.3 is 24.4 Å². The van der Waals surface area contributed by atoms with E-state index >= 15 is 0 Å². The molecule has 0 spiro atoms. The minimum Gasteiger partial charge on any atom is -0.482 e. The molecule has 11 heteroatoms. The van der Waals surface area contributed by atoms with Crippen LogP contribution in [0.15, 0.2) is 36.7 Å². The minimum atomic E-state index is -4.38. The van der Waals surface area contributed by atoms with Gasteiger partial charge in [-0.15, -0.1) is 0 Å². The standard InChI is InChI=1S/C25H31F3N4O4/c26-25(27,28)17-36-24-6-3-18-7-11-32(13-9-22(18)31-24)12-8-20-5-4-19(15-34-20)30-23(33)16-35-21-2-1-10-29-14-21/h1-3,6,10,14,19-20H,4-5,7-9,11-13,15-17H2,(H,30,33)/t19-,20+/m0/s1. The van der Waals surface area contributed by atoms with E-state index in [2.05, 4.69) is 20.2 Å². The molecule has 2 aliphatic rings. The van der Waals surface area contributed by atoms with Crippen molar-refractivity contribution >= 4 is 5.91 Å². The molecule has 36 heavy (non-hydrogen) atoms. The maximum Gasteiger partial charge on any atom is 0.422 e. The zero-order chi connectivity index (χ0) is 25.4. The molecule has 2 aromatic rings. The second-order valence-corrected chi connectivity index (χ2v) is 9.06. The fourth-order valence-electron chi connectivity index (χ4n) is 4.39. The first-order valence-electron chi connectivity index (χ1n) is 12.2. The number of fused-ring (bicyclic) bond motifs is 1. The number of pyridine rings is 2. The highest BCUT2D eigenvalue weighted by atomic mass is 19.4. The highest BCUT2D eigenvalue weighted by molar-refractivity contribution is 5.77. The number of halogens is 3. The van der Waals surface area contributed by atoms with Gasteiger partial charge >= 0.3 is 6.18 Å². The van der Waals surface area contributed by atoms with Crippen molar-refractivity contribution < 1.29 is 32.2 Å². The quantitative estimate of drug-likeness (QED) is 0.558. The summed E-state index contributed by atoms with van der Waals surface area (Å²) in [6, 6.07) is 6.79. The first-order valence-corrected chi connectivity index (χ1v) is 12.2. The largest absolute Gasteiger partial charge is 0.482 e. The Balaban J connectivity index is 1.13. The molecule has 0 aliphatic carbocycles. The summed E-state index contributed by atoms with van der Waals surface area (Å²) in [6.07, 6.45) is 3.01. The van der Waals surface area contributed by atoms with Crippen LogP contribution in [0.5, 0.6) is 11.6 Å². The van der Waals surface area contributed by atoms with Crippen LogP contribution in [0.2, 0.25) is 0 Å². The van der Waals surface area contributed by atoms with Gasteiger partial charge in [0.25, 0.3) is 5.91 Å². The number of nitrogens with zero attached hydrogens (tertiary/aromatic N) is 3. The Morgan fingerprint density at radius 2 is 2.03 bits per heavy atom. The molecule has 196 valence electrons.